The molecule has 1 fully saturated rings. The maximum absolute atomic E-state index is 4.83. The summed E-state index contributed by atoms with van der Waals surface area (Å²) in [6.45, 7) is 0. The lowest BCUT2D eigenvalue weighted by molar-refractivity contribution is 0.535. The van der Waals surface area contributed by atoms with Crippen molar-refractivity contribution in [2.45, 2.75) is 25.3 Å². The molecule has 2 atom stereocenters. The van der Waals surface area contributed by atoms with Crippen LogP contribution in [0.15, 0.2) is 29.3 Å². The van der Waals surface area contributed by atoms with Crippen LogP contribution < -0.4 is 5.32 Å². The van der Waals surface area contributed by atoms with Crippen molar-refractivity contribution in [1.82, 2.24) is 0 Å². The maximum Gasteiger partial charge on any atom is 0.161 e. The summed E-state index contributed by atoms with van der Waals surface area (Å²) in [6, 6.07) is 9.03. The molecule has 2 unspecified atom stereocenters. The third kappa shape index (κ3) is 2.78. The van der Waals surface area contributed by atoms with E-state index in [1.165, 1.54) is 28.6 Å². The number of aliphatic imine (C=N–C) groups is 1. The fourth-order valence-electron chi connectivity index (χ4n) is 2.51. The van der Waals surface area contributed by atoms with Gasteiger partial charge in [-0.15, -0.1) is 0 Å². The number of benzene rings is 1. The summed E-state index contributed by atoms with van der Waals surface area (Å²) in [6.07, 6.45) is 4.01. The topological polar surface area (TPSA) is 24.4 Å². The zero-order valence-corrected chi connectivity index (χ0v) is 12.5. The van der Waals surface area contributed by atoms with Crippen molar-refractivity contribution < 1.29 is 0 Å². The molecule has 4 heteroatoms. The Bertz CT molecular complexity index is 447. The standard InChI is InChI=1S/C13H15IN2S/c14-10-4-2-5-11(7-10)15-13-16-12-6-1-3-9(12)8-17-13/h2,4-5,7,9,12H,1,3,6,8H2,(H,15,16). The Morgan fingerprint density at radius 1 is 1.35 bits per heavy atom. The molecule has 0 aromatic heterocycles. The number of nitrogens with one attached hydrogen (secondary N) is 1. The summed E-state index contributed by atoms with van der Waals surface area (Å²) < 4.78 is 1.26. The first-order valence-corrected chi connectivity index (χ1v) is 8.11. The van der Waals surface area contributed by atoms with Gasteiger partial charge in [0.2, 0.25) is 0 Å². The van der Waals surface area contributed by atoms with Crippen LogP contribution in [0.4, 0.5) is 5.69 Å². The summed E-state index contributed by atoms with van der Waals surface area (Å²) in [4.78, 5) is 4.83. The van der Waals surface area contributed by atoms with Gasteiger partial charge in [0.15, 0.2) is 5.17 Å². The van der Waals surface area contributed by atoms with E-state index in [0.29, 0.717) is 6.04 Å². The maximum atomic E-state index is 4.83. The molecule has 0 saturated heterocycles. The van der Waals surface area contributed by atoms with Gasteiger partial charge < -0.3 is 5.32 Å². The van der Waals surface area contributed by atoms with Gasteiger partial charge in [-0.3, -0.25) is 4.99 Å². The molecular weight excluding hydrogens is 343 g/mol. The molecule has 1 saturated carbocycles. The zero-order valence-electron chi connectivity index (χ0n) is 9.53. The minimum absolute atomic E-state index is 0.585. The highest BCUT2D eigenvalue weighted by atomic mass is 127. The third-order valence-electron chi connectivity index (χ3n) is 3.41. The predicted octanol–water partition coefficient (Wildman–Crippen LogP) is 3.97. The van der Waals surface area contributed by atoms with Crippen LogP contribution in [0.5, 0.6) is 0 Å². The van der Waals surface area contributed by atoms with E-state index in [2.05, 4.69) is 52.2 Å². The molecule has 3 rings (SSSR count). The lowest BCUT2D eigenvalue weighted by atomic mass is 10.1. The Kier molecular flexibility index (Phi) is 3.61. The minimum atomic E-state index is 0.585. The summed E-state index contributed by atoms with van der Waals surface area (Å²) in [7, 11) is 0. The van der Waals surface area contributed by atoms with Crippen molar-refractivity contribution in [3.63, 3.8) is 0 Å². The molecule has 1 aliphatic heterocycles. The van der Waals surface area contributed by atoms with Gasteiger partial charge in [0.1, 0.15) is 0 Å². The number of hydrogen-bond donors (Lipinski definition) is 1. The van der Waals surface area contributed by atoms with Gasteiger partial charge >= 0.3 is 0 Å². The van der Waals surface area contributed by atoms with E-state index in [1.54, 1.807) is 0 Å². The number of halogens is 1. The first kappa shape index (κ1) is 11.8. The third-order valence-corrected chi connectivity index (χ3v) is 5.16. The number of hydrogen-bond acceptors (Lipinski definition) is 3. The predicted molar refractivity (Wildman–Crippen MR) is 83.8 cm³/mol. The molecular formula is C13H15IN2S. The van der Waals surface area contributed by atoms with Crippen molar-refractivity contribution in [2.75, 3.05) is 11.1 Å². The lowest BCUT2D eigenvalue weighted by Gasteiger charge is -2.23. The highest BCUT2D eigenvalue weighted by Crippen LogP contribution is 2.35. The van der Waals surface area contributed by atoms with E-state index in [0.717, 1.165) is 16.8 Å². The molecule has 1 aromatic carbocycles. The van der Waals surface area contributed by atoms with E-state index in [1.807, 2.05) is 11.8 Å². The molecule has 0 amide bonds. The van der Waals surface area contributed by atoms with Crippen molar-refractivity contribution in [3.05, 3.63) is 27.8 Å². The van der Waals surface area contributed by atoms with Gasteiger partial charge in [0.05, 0.1) is 6.04 Å². The second-order valence-corrected chi connectivity index (χ2v) is 6.89. The molecule has 1 aromatic rings. The SMILES string of the molecule is Ic1cccc(NC2=NC3CCCC3CS2)c1. The second-order valence-electron chi connectivity index (χ2n) is 4.64. The fourth-order valence-corrected chi connectivity index (χ4v) is 4.22. The lowest BCUT2D eigenvalue weighted by Crippen LogP contribution is -2.25. The molecule has 1 heterocycles. The Balaban J connectivity index is 1.73. The Morgan fingerprint density at radius 3 is 3.18 bits per heavy atom. The average molecular weight is 358 g/mol. The van der Waals surface area contributed by atoms with Gasteiger partial charge in [0, 0.05) is 15.0 Å². The van der Waals surface area contributed by atoms with E-state index in [4.69, 9.17) is 4.99 Å². The van der Waals surface area contributed by atoms with Crippen LogP contribution in [0.1, 0.15) is 19.3 Å². The molecule has 1 aliphatic carbocycles. The summed E-state index contributed by atoms with van der Waals surface area (Å²) in [5.74, 6) is 2.07. The van der Waals surface area contributed by atoms with Gasteiger partial charge in [0.25, 0.3) is 0 Å². The van der Waals surface area contributed by atoms with Crippen LogP contribution in [0.3, 0.4) is 0 Å². The summed E-state index contributed by atoms with van der Waals surface area (Å²) >= 11 is 4.21. The van der Waals surface area contributed by atoms with Gasteiger partial charge in [-0.1, -0.05) is 24.2 Å². The second kappa shape index (κ2) is 5.18. The van der Waals surface area contributed by atoms with Crippen molar-refractivity contribution in [1.29, 1.82) is 0 Å². The largest absolute Gasteiger partial charge is 0.335 e. The molecule has 2 aliphatic rings. The van der Waals surface area contributed by atoms with Crippen LogP contribution in [0, 0.1) is 9.49 Å². The Hall–Kier alpha value is -0.230. The van der Waals surface area contributed by atoms with Crippen molar-refractivity contribution >= 4 is 45.2 Å². The van der Waals surface area contributed by atoms with Gasteiger partial charge in [-0.05, 0) is 59.5 Å². The molecule has 2 nitrogen and oxygen atoms in total. The van der Waals surface area contributed by atoms with Crippen molar-refractivity contribution in [2.24, 2.45) is 10.9 Å². The molecule has 1 N–H and O–H groups in total. The van der Waals surface area contributed by atoms with Gasteiger partial charge in [-0.2, -0.15) is 0 Å². The van der Waals surface area contributed by atoms with Gasteiger partial charge in [-0.25, -0.2) is 0 Å². The molecule has 90 valence electrons. The summed E-state index contributed by atoms with van der Waals surface area (Å²) in [5, 5.41) is 4.55. The molecule has 0 bridgehead atoms. The number of nitrogens with zero attached hydrogens (tertiary/aromatic N) is 1. The van der Waals surface area contributed by atoms with Crippen LogP contribution in [0.25, 0.3) is 0 Å². The molecule has 0 radical (unpaired) electrons. The van der Waals surface area contributed by atoms with E-state index >= 15 is 0 Å². The fraction of sp³-hybridized carbons (Fsp3) is 0.462. The van der Waals surface area contributed by atoms with Crippen LogP contribution in [0.2, 0.25) is 0 Å². The van der Waals surface area contributed by atoms with E-state index in [-0.39, 0.29) is 0 Å². The number of amidine groups is 1. The highest BCUT2D eigenvalue weighted by Gasteiger charge is 2.30. The normalized spacial score (nSPS) is 27.5. The Labute approximate surface area is 120 Å². The minimum Gasteiger partial charge on any atom is -0.335 e. The van der Waals surface area contributed by atoms with Crippen molar-refractivity contribution in [3.8, 4) is 0 Å². The van der Waals surface area contributed by atoms with Crippen LogP contribution in [-0.2, 0) is 0 Å². The molecule has 17 heavy (non-hydrogen) atoms. The first-order chi connectivity index (χ1) is 8.31. The number of rotatable bonds is 1. The smallest absolute Gasteiger partial charge is 0.161 e. The zero-order chi connectivity index (χ0) is 11.7. The van der Waals surface area contributed by atoms with E-state index in [9.17, 15) is 0 Å². The highest BCUT2D eigenvalue weighted by molar-refractivity contribution is 14.1. The number of anilines is 1. The first-order valence-electron chi connectivity index (χ1n) is 6.04. The van der Waals surface area contributed by atoms with Crippen LogP contribution >= 0.6 is 34.4 Å². The summed E-state index contributed by atoms with van der Waals surface area (Å²) in [5.41, 5.74) is 1.15. The van der Waals surface area contributed by atoms with E-state index < -0.39 is 0 Å². The number of thioether (sulfide) groups is 1. The molecule has 0 spiro atoms. The monoisotopic (exact) mass is 358 g/mol. The quantitative estimate of drug-likeness (QED) is 0.769. The Morgan fingerprint density at radius 2 is 2.29 bits per heavy atom. The average Bonchev–Trinajstić information content (AvgIpc) is 2.76. The number of fused-ring (bicyclic) bond motifs is 1. The van der Waals surface area contributed by atoms with Crippen LogP contribution in [-0.4, -0.2) is 17.0 Å².